The Morgan fingerprint density at radius 2 is 0.691 bits per heavy atom. The Bertz CT molecular complexity index is 2830. The summed E-state index contributed by atoms with van der Waals surface area (Å²) in [5.41, 5.74) is 13.0. The van der Waals surface area contributed by atoms with Crippen LogP contribution in [0.2, 0.25) is 0 Å². The lowest BCUT2D eigenvalue weighted by Crippen LogP contribution is -2.10. The first-order valence-corrected chi connectivity index (χ1v) is 18.9. The highest BCUT2D eigenvalue weighted by Gasteiger charge is 2.17. The molecule has 10 aromatic rings. The third-order valence-corrected chi connectivity index (χ3v) is 10.9. The van der Waals surface area contributed by atoms with E-state index in [-0.39, 0.29) is 0 Å². The fraction of sp³-hybridized carbons (Fsp3) is 0. The molecular weight excluding hydrogens is 663 g/mol. The van der Waals surface area contributed by atoms with Crippen molar-refractivity contribution in [1.82, 2.24) is 0 Å². The molecule has 1 nitrogen and oxygen atoms in total. The van der Waals surface area contributed by atoms with Crippen molar-refractivity contribution < 1.29 is 0 Å². The predicted molar refractivity (Wildman–Crippen MR) is 235 cm³/mol. The normalized spacial score (nSPS) is 11.3. The summed E-state index contributed by atoms with van der Waals surface area (Å²) in [6.07, 6.45) is 0. The minimum atomic E-state index is 1.10. The molecule has 0 spiro atoms. The molecule has 1 heteroatoms. The Labute approximate surface area is 322 Å². The molecule has 0 aromatic heterocycles. The van der Waals surface area contributed by atoms with Crippen LogP contribution in [0.25, 0.3) is 76.8 Å². The lowest BCUT2D eigenvalue weighted by Gasteiger charge is -2.27. The van der Waals surface area contributed by atoms with Crippen molar-refractivity contribution in [1.29, 1.82) is 0 Å². The van der Waals surface area contributed by atoms with E-state index < -0.39 is 0 Å². The van der Waals surface area contributed by atoms with E-state index in [0.29, 0.717) is 0 Å². The van der Waals surface area contributed by atoms with E-state index in [4.69, 9.17) is 0 Å². The van der Waals surface area contributed by atoms with Gasteiger partial charge in [-0.2, -0.15) is 0 Å². The Balaban J connectivity index is 1.11. The maximum absolute atomic E-state index is 2.38. The van der Waals surface area contributed by atoms with Crippen LogP contribution >= 0.6 is 0 Å². The van der Waals surface area contributed by atoms with Gasteiger partial charge in [-0.15, -0.1) is 0 Å². The maximum Gasteiger partial charge on any atom is 0.0467 e. The highest BCUT2D eigenvalue weighted by molar-refractivity contribution is 6.05. The third-order valence-electron chi connectivity index (χ3n) is 10.9. The zero-order valence-corrected chi connectivity index (χ0v) is 30.3. The van der Waals surface area contributed by atoms with Crippen LogP contribution in [0.1, 0.15) is 0 Å². The van der Waals surface area contributed by atoms with Crippen molar-refractivity contribution in [3.63, 3.8) is 0 Å². The largest absolute Gasteiger partial charge is 0.310 e. The number of hydrogen-bond acceptors (Lipinski definition) is 1. The first kappa shape index (κ1) is 32.4. The lowest BCUT2D eigenvalue weighted by atomic mass is 9.89. The Kier molecular flexibility index (Phi) is 8.24. The highest BCUT2D eigenvalue weighted by atomic mass is 15.1. The molecule has 0 radical (unpaired) electrons. The highest BCUT2D eigenvalue weighted by Crippen LogP contribution is 2.43. The van der Waals surface area contributed by atoms with Crippen molar-refractivity contribution in [3.8, 4) is 44.5 Å². The molecule has 0 aliphatic carbocycles. The second-order valence-corrected chi connectivity index (χ2v) is 14.1. The number of hydrogen-bond donors (Lipinski definition) is 0. The van der Waals surface area contributed by atoms with E-state index in [1.807, 2.05) is 0 Å². The zero-order chi connectivity index (χ0) is 36.6. The minimum absolute atomic E-state index is 1.10. The molecule has 0 aliphatic rings. The summed E-state index contributed by atoms with van der Waals surface area (Å²) in [7, 11) is 0. The van der Waals surface area contributed by atoms with Crippen molar-refractivity contribution in [2.45, 2.75) is 0 Å². The smallest absolute Gasteiger partial charge is 0.0467 e. The molecule has 10 aromatic carbocycles. The van der Waals surface area contributed by atoms with Gasteiger partial charge >= 0.3 is 0 Å². The van der Waals surface area contributed by atoms with Gasteiger partial charge in [0.05, 0.1) is 0 Å². The molecule has 0 unspecified atom stereocenters. The van der Waals surface area contributed by atoms with Crippen molar-refractivity contribution in [2.24, 2.45) is 0 Å². The molecular formula is C54H37N. The summed E-state index contributed by atoms with van der Waals surface area (Å²) >= 11 is 0. The standard InChI is InChI=1S/C54H37N/c1-2-16-43(17-3-1)54-52-24-9-6-15-40(52)31-36-53(54)44-20-10-21-47(37-44)55(45-32-27-41(28-33-45)50-25-11-18-38-13-4-7-22-48(38)50)46-34-29-42(30-35-46)51-26-12-19-39-14-5-8-23-49(39)51/h1-37H. The van der Waals surface area contributed by atoms with Crippen molar-refractivity contribution in [3.05, 3.63) is 224 Å². The van der Waals surface area contributed by atoms with Gasteiger partial charge in [0, 0.05) is 17.1 Å². The summed E-state index contributed by atoms with van der Waals surface area (Å²) in [5, 5.41) is 7.50. The first-order chi connectivity index (χ1) is 27.3. The van der Waals surface area contributed by atoms with Gasteiger partial charge < -0.3 is 4.90 Å². The van der Waals surface area contributed by atoms with Gasteiger partial charge in [-0.3, -0.25) is 0 Å². The molecule has 0 saturated heterocycles. The molecule has 0 saturated carbocycles. The van der Waals surface area contributed by atoms with Crippen molar-refractivity contribution in [2.75, 3.05) is 4.90 Å². The monoisotopic (exact) mass is 699 g/mol. The number of anilines is 3. The van der Waals surface area contributed by atoms with E-state index in [1.54, 1.807) is 0 Å². The minimum Gasteiger partial charge on any atom is -0.310 e. The number of nitrogens with zero attached hydrogens (tertiary/aromatic N) is 1. The van der Waals surface area contributed by atoms with Gasteiger partial charge in [0.1, 0.15) is 0 Å². The van der Waals surface area contributed by atoms with Gasteiger partial charge in [0.2, 0.25) is 0 Å². The van der Waals surface area contributed by atoms with Gasteiger partial charge in [-0.1, -0.05) is 188 Å². The number of fused-ring (bicyclic) bond motifs is 3. The van der Waals surface area contributed by atoms with Crippen molar-refractivity contribution >= 4 is 49.4 Å². The molecule has 0 bridgehead atoms. The fourth-order valence-corrected chi connectivity index (χ4v) is 8.22. The molecule has 0 atom stereocenters. The van der Waals surface area contributed by atoms with Crippen LogP contribution in [-0.2, 0) is 0 Å². The maximum atomic E-state index is 2.38. The van der Waals surface area contributed by atoms with Crippen LogP contribution in [0.5, 0.6) is 0 Å². The Morgan fingerprint density at radius 1 is 0.236 bits per heavy atom. The summed E-state index contributed by atoms with van der Waals surface area (Å²) < 4.78 is 0. The molecule has 0 N–H and O–H groups in total. The molecule has 55 heavy (non-hydrogen) atoms. The van der Waals surface area contributed by atoms with Gasteiger partial charge in [-0.05, 0) is 113 Å². The Morgan fingerprint density at radius 3 is 1.27 bits per heavy atom. The van der Waals surface area contributed by atoms with Crippen LogP contribution < -0.4 is 4.90 Å². The van der Waals surface area contributed by atoms with Gasteiger partial charge in [0.25, 0.3) is 0 Å². The van der Waals surface area contributed by atoms with E-state index >= 15 is 0 Å². The lowest BCUT2D eigenvalue weighted by molar-refractivity contribution is 1.28. The van der Waals surface area contributed by atoms with Gasteiger partial charge in [-0.25, -0.2) is 0 Å². The fourth-order valence-electron chi connectivity index (χ4n) is 8.22. The third kappa shape index (κ3) is 6.02. The molecule has 0 heterocycles. The van der Waals surface area contributed by atoms with E-state index in [9.17, 15) is 0 Å². The molecule has 0 amide bonds. The predicted octanol–water partition coefficient (Wildman–Crippen LogP) is 15.3. The second-order valence-electron chi connectivity index (χ2n) is 14.1. The summed E-state index contributed by atoms with van der Waals surface area (Å²) in [5.74, 6) is 0. The average Bonchev–Trinajstić information content (AvgIpc) is 3.26. The SMILES string of the molecule is c1ccc(-c2c(-c3cccc(N(c4ccc(-c5cccc6ccccc56)cc4)c4ccc(-c5cccc6ccccc56)cc4)c3)ccc3ccccc23)cc1. The van der Waals surface area contributed by atoms with Crippen LogP contribution in [0.4, 0.5) is 17.1 Å². The van der Waals surface area contributed by atoms with Crippen LogP contribution in [0.3, 0.4) is 0 Å². The Hall–Kier alpha value is -7.22. The van der Waals surface area contributed by atoms with Gasteiger partial charge in [0.15, 0.2) is 0 Å². The van der Waals surface area contributed by atoms with E-state index in [2.05, 4.69) is 229 Å². The molecule has 0 aliphatic heterocycles. The molecule has 10 rings (SSSR count). The summed E-state index contributed by atoms with van der Waals surface area (Å²) in [6.45, 7) is 0. The number of benzene rings is 10. The summed E-state index contributed by atoms with van der Waals surface area (Å²) in [4.78, 5) is 2.38. The topological polar surface area (TPSA) is 3.24 Å². The second kappa shape index (κ2) is 14.0. The van der Waals surface area contributed by atoms with Crippen LogP contribution in [-0.4, -0.2) is 0 Å². The van der Waals surface area contributed by atoms with Crippen LogP contribution in [0, 0.1) is 0 Å². The summed E-state index contributed by atoms with van der Waals surface area (Å²) in [6, 6.07) is 81.4. The van der Waals surface area contributed by atoms with E-state index in [1.165, 1.54) is 76.8 Å². The molecule has 258 valence electrons. The quantitative estimate of drug-likeness (QED) is 0.160. The van der Waals surface area contributed by atoms with E-state index in [0.717, 1.165) is 17.1 Å². The number of rotatable bonds is 7. The first-order valence-electron chi connectivity index (χ1n) is 18.9. The zero-order valence-electron chi connectivity index (χ0n) is 30.3. The average molecular weight is 700 g/mol. The van der Waals surface area contributed by atoms with Crippen LogP contribution in [0.15, 0.2) is 224 Å². The molecule has 0 fully saturated rings.